The highest BCUT2D eigenvalue weighted by molar-refractivity contribution is 5.90. The minimum Gasteiger partial charge on any atom is -0.491 e. The van der Waals surface area contributed by atoms with E-state index in [2.05, 4.69) is 15.3 Å². The van der Waals surface area contributed by atoms with Crippen LogP contribution in [0.5, 0.6) is 5.75 Å². The molecule has 2 N–H and O–H groups in total. The lowest BCUT2D eigenvalue weighted by Crippen LogP contribution is -2.21. The summed E-state index contributed by atoms with van der Waals surface area (Å²) < 4.78 is 5.48. The van der Waals surface area contributed by atoms with Crippen molar-refractivity contribution in [1.82, 2.24) is 15.3 Å². The third kappa shape index (κ3) is 4.54. The average Bonchev–Trinajstić information content (AvgIpc) is 2.47. The van der Waals surface area contributed by atoms with Crippen molar-refractivity contribution < 1.29 is 14.6 Å². The van der Waals surface area contributed by atoms with Gasteiger partial charge in [-0.1, -0.05) is 12.1 Å². The zero-order valence-corrected chi connectivity index (χ0v) is 11.7. The lowest BCUT2D eigenvalue weighted by molar-refractivity contribution is 0.0692. The van der Waals surface area contributed by atoms with Crippen molar-refractivity contribution in [1.29, 1.82) is 0 Å². The van der Waals surface area contributed by atoms with Crippen molar-refractivity contribution in [3.63, 3.8) is 0 Å². The summed E-state index contributed by atoms with van der Waals surface area (Å²) in [6, 6.07) is 8.44. The lowest BCUT2D eigenvalue weighted by Gasteiger charge is -2.09. The number of aryl methyl sites for hydroxylation is 1. The van der Waals surface area contributed by atoms with Gasteiger partial charge < -0.3 is 15.2 Å². The second kappa shape index (κ2) is 7.35. The molecule has 0 fully saturated rings. The first-order valence-corrected chi connectivity index (χ1v) is 6.61. The minimum absolute atomic E-state index is 0.170. The number of hydrogen-bond acceptors (Lipinski definition) is 5. The summed E-state index contributed by atoms with van der Waals surface area (Å²) in [6.45, 7) is 3.44. The molecular formula is C15H17N3O3. The molecule has 2 aromatic rings. The molecule has 6 nitrogen and oxygen atoms in total. The van der Waals surface area contributed by atoms with E-state index in [1.54, 1.807) is 24.4 Å². The fraction of sp³-hybridized carbons (Fsp3) is 0.267. The molecule has 1 aromatic carbocycles. The number of ether oxygens (including phenoxy) is 1. The van der Waals surface area contributed by atoms with Crippen LogP contribution in [0.25, 0.3) is 0 Å². The van der Waals surface area contributed by atoms with Gasteiger partial charge in [-0.25, -0.2) is 14.8 Å². The maximum absolute atomic E-state index is 11.0. The molecular weight excluding hydrogens is 270 g/mol. The molecule has 0 bridgehead atoms. The summed E-state index contributed by atoms with van der Waals surface area (Å²) in [6.07, 6.45) is 1.72. The van der Waals surface area contributed by atoms with Gasteiger partial charge in [-0.15, -0.1) is 0 Å². The summed E-state index contributed by atoms with van der Waals surface area (Å²) >= 11 is 0. The van der Waals surface area contributed by atoms with E-state index in [1.165, 1.54) is 6.07 Å². The van der Waals surface area contributed by atoms with E-state index >= 15 is 0 Å². The van der Waals surface area contributed by atoms with Crippen molar-refractivity contribution in [2.45, 2.75) is 13.5 Å². The van der Waals surface area contributed by atoms with Crippen LogP contribution in [0, 0.1) is 6.92 Å². The largest absolute Gasteiger partial charge is 0.491 e. The highest BCUT2D eigenvalue weighted by Crippen LogP contribution is 2.17. The molecule has 0 amide bonds. The highest BCUT2D eigenvalue weighted by Gasteiger charge is 2.09. The number of para-hydroxylation sites is 1. The highest BCUT2D eigenvalue weighted by atomic mass is 16.5. The number of aromatic carboxylic acids is 1. The maximum Gasteiger partial charge on any atom is 0.339 e. The van der Waals surface area contributed by atoms with Crippen LogP contribution in [0.15, 0.2) is 36.5 Å². The van der Waals surface area contributed by atoms with Crippen LogP contribution in [0.2, 0.25) is 0 Å². The second-order valence-electron chi connectivity index (χ2n) is 4.42. The molecule has 110 valence electrons. The first kappa shape index (κ1) is 14.9. The Labute approximate surface area is 122 Å². The lowest BCUT2D eigenvalue weighted by atomic mass is 10.2. The molecule has 0 saturated heterocycles. The van der Waals surface area contributed by atoms with Crippen LogP contribution in [-0.2, 0) is 6.54 Å². The summed E-state index contributed by atoms with van der Waals surface area (Å²) in [5.41, 5.74) is 1.08. The smallest absolute Gasteiger partial charge is 0.339 e. The van der Waals surface area contributed by atoms with E-state index in [0.717, 1.165) is 11.5 Å². The minimum atomic E-state index is -0.991. The number of carboxylic acid groups (broad SMARTS) is 1. The quantitative estimate of drug-likeness (QED) is 0.753. The van der Waals surface area contributed by atoms with Crippen LogP contribution >= 0.6 is 0 Å². The maximum atomic E-state index is 11.0. The number of hydrogen-bond donors (Lipinski definition) is 2. The number of benzene rings is 1. The van der Waals surface area contributed by atoms with E-state index in [1.807, 2.05) is 13.0 Å². The molecule has 0 aliphatic rings. The van der Waals surface area contributed by atoms with Crippen molar-refractivity contribution in [3.8, 4) is 5.75 Å². The predicted octanol–water partition coefficient (Wildman–Crippen LogP) is 1.65. The number of rotatable bonds is 7. The monoisotopic (exact) mass is 287 g/mol. The number of carbonyl (C=O) groups is 1. The van der Waals surface area contributed by atoms with Gasteiger partial charge in [-0.3, -0.25) is 0 Å². The SMILES string of the molecule is Cc1nccc(CNCCOc2ccccc2C(=O)O)n1. The Kier molecular flexibility index (Phi) is 5.22. The van der Waals surface area contributed by atoms with Crippen LogP contribution in [-0.4, -0.2) is 34.2 Å². The van der Waals surface area contributed by atoms with Gasteiger partial charge in [0.1, 0.15) is 23.7 Å². The fourth-order valence-corrected chi connectivity index (χ4v) is 1.82. The van der Waals surface area contributed by atoms with Gasteiger partial charge in [-0.05, 0) is 25.1 Å². The van der Waals surface area contributed by atoms with Gasteiger partial charge in [0.05, 0.1) is 5.69 Å². The molecule has 0 aliphatic heterocycles. The molecule has 0 unspecified atom stereocenters. The van der Waals surface area contributed by atoms with Gasteiger partial charge in [0.2, 0.25) is 0 Å². The number of carboxylic acids is 1. The van der Waals surface area contributed by atoms with Crippen LogP contribution in [0.3, 0.4) is 0 Å². The number of aromatic nitrogens is 2. The molecule has 0 spiro atoms. The van der Waals surface area contributed by atoms with E-state index < -0.39 is 5.97 Å². The summed E-state index contributed by atoms with van der Waals surface area (Å²) in [7, 11) is 0. The second-order valence-corrected chi connectivity index (χ2v) is 4.42. The predicted molar refractivity (Wildman–Crippen MR) is 77.4 cm³/mol. The van der Waals surface area contributed by atoms with Gasteiger partial charge >= 0.3 is 5.97 Å². The molecule has 0 atom stereocenters. The molecule has 0 aliphatic carbocycles. The zero-order chi connectivity index (χ0) is 15.1. The molecule has 6 heteroatoms. The van der Waals surface area contributed by atoms with Crippen molar-refractivity contribution in [3.05, 3.63) is 53.6 Å². The summed E-state index contributed by atoms with van der Waals surface area (Å²) in [4.78, 5) is 19.3. The number of nitrogens with zero attached hydrogens (tertiary/aromatic N) is 2. The Morgan fingerprint density at radius 3 is 2.90 bits per heavy atom. The average molecular weight is 287 g/mol. The van der Waals surface area contributed by atoms with E-state index in [0.29, 0.717) is 25.4 Å². The number of nitrogens with one attached hydrogen (secondary N) is 1. The van der Waals surface area contributed by atoms with Crippen LogP contribution in [0.4, 0.5) is 0 Å². The molecule has 2 rings (SSSR count). The summed E-state index contributed by atoms with van der Waals surface area (Å²) in [5.74, 6) is 0.126. The molecule has 0 saturated carbocycles. The third-order valence-corrected chi connectivity index (χ3v) is 2.79. The molecule has 21 heavy (non-hydrogen) atoms. The molecule has 1 aromatic heterocycles. The Hall–Kier alpha value is -2.47. The first-order chi connectivity index (χ1) is 10.2. The van der Waals surface area contributed by atoms with Crippen molar-refractivity contribution in [2.75, 3.05) is 13.2 Å². The van der Waals surface area contributed by atoms with Gasteiger partial charge in [0.25, 0.3) is 0 Å². The van der Waals surface area contributed by atoms with E-state index in [4.69, 9.17) is 9.84 Å². The van der Waals surface area contributed by atoms with E-state index in [-0.39, 0.29) is 5.56 Å². The first-order valence-electron chi connectivity index (χ1n) is 6.61. The third-order valence-electron chi connectivity index (χ3n) is 2.79. The van der Waals surface area contributed by atoms with Gasteiger partial charge in [-0.2, -0.15) is 0 Å². The Morgan fingerprint density at radius 1 is 1.33 bits per heavy atom. The normalized spacial score (nSPS) is 10.3. The van der Waals surface area contributed by atoms with Gasteiger partial charge in [0.15, 0.2) is 0 Å². The fourth-order valence-electron chi connectivity index (χ4n) is 1.82. The zero-order valence-electron chi connectivity index (χ0n) is 11.7. The van der Waals surface area contributed by atoms with Crippen LogP contribution < -0.4 is 10.1 Å². The standard InChI is InChI=1S/C15H17N3O3/c1-11-17-7-6-12(18-11)10-16-8-9-21-14-5-3-2-4-13(14)15(19)20/h2-7,16H,8-10H2,1H3,(H,19,20). The van der Waals surface area contributed by atoms with Crippen molar-refractivity contribution >= 4 is 5.97 Å². The Bertz CT molecular complexity index is 617. The molecule has 1 heterocycles. The summed E-state index contributed by atoms with van der Waals surface area (Å²) in [5, 5.41) is 12.2. The Morgan fingerprint density at radius 2 is 2.14 bits per heavy atom. The van der Waals surface area contributed by atoms with Crippen molar-refractivity contribution in [2.24, 2.45) is 0 Å². The van der Waals surface area contributed by atoms with Gasteiger partial charge in [0, 0.05) is 19.3 Å². The van der Waals surface area contributed by atoms with E-state index in [9.17, 15) is 4.79 Å². The Balaban J connectivity index is 1.76. The topological polar surface area (TPSA) is 84.3 Å². The van der Waals surface area contributed by atoms with Crippen LogP contribution in [0.1, 0.15) is 21.9 Å². The molecule has 0 radical (unpaired) electrons.